The zero-order chi connectivity index (χ0) is 12.2. The Hall–Kier alpha value is -0.120. The summed E-state index contributed by atoms with van der Waals surface area (Å²) < 4.78 is 5.52. The predicted molar refractivity (Wildman–Crippen MR) is 68.8 cm³/mol. The average molecular weight is 228 g/mol. The number of piperazine rings is 1. The third-order valence-electron chi connectivity index (χ3n) is 3.55. The summed E-state index contributed by atoms with van der Waals surface area (Å²) in [6.45, 7) is 12.1. The summed E-state index contributed by atoms with van der Waals surface area (Å²) >= 11 is 0. The van der Waals surface area contributed by atoms with Gasteiger partial charge in [0.1, 0.15) is 0 Å². The minimum Gasteiger partial charge on any atom is -0.377 e. The summed E-state index contributed by atoms with van der Waals surface area (Å²) in [6, 6.07) is 1.27. The lowest BCUT2D eigenvalue weighted by Crippen LogP contribution is -2.58. The van der Waals surface area contributed by atoms with E-state index in [-0.39, 0.29) is 5.60 Å². The highest BCUT2D eigenvalue weighted by Gasteiger charge is 2.29. The van der Waals surface area contributed by atoms with Crippen molar-refractivity contribution in [3.05, 3.63) is 0 Å². The van der Waals surface area contributed by atoms with E-state index in [1.807, 2.05) is 0 Å². The van der Waals surface area contributed by atoms with Crippen LogP contribution < -0.4 is 5.32 Å². The van der Waals surface area contributed by atoms with Crippen LogP contribution in [0.2, 0.25) is 0 Å². The Labute approximate surface area is 101 Å². The molecule has 3 heteroatoms. The fraction of sp³-hybridized carbons (Fsp3) is 1.00. The van der Waals surface area contributed by atoms with Gasteiger partial charge in [-0.3, -0.25) is 4.90 Å². The van der Waals surface area contributed by atoms with Crippen molar-refractivity contribution in [3.8, 4) is 0 Å². The van der Waals surface area contributed by atoms with Gasteiger partial charge in [0, 0.05) is 38.8 Å². The molecule has 0 aliphatic carbocycles. The first-order chi connectivity index (χ1) is 7.48. The number of rotatable bonds is 5. The van der Waals surface area contributed by atoms with Crippen LogP contribution in [0.1, 0.15) is 40.5 Å². The highest BCUT2D eigenvalue weighted by molar-refractivity contribution is 4.87. The third-order valence-corrected chi connectivity index (χ3v) is 3.55. The van der Waals surface area contributed by atoms with Crippen LogP contribution in [-0.4, -0.2) is 49.3 Å². The lowest BCUT2D eigenvalue weighted by molar-refractivity contribution is -0.0249. The average Bonchev–Trinajstić information content (AvgIpc) is 2.23. The first kappa shape index (κ1) is 13.9. The molecule has 1 aliphatic rings. The zero-order valence-electron chi connectivity index (χ0n) is 11.5. The topological polar surface area (TPSA) is 24.5 Å². The van der Waals surface area contributed by atoms with E-state index in [9.17, 15) is 0 Å². The molecular weight excluding hydrogens is 200 g/mol. The highest BCUT2D eigenvalue weighted by Crippen LogP contribution is 2.16. The van der Waals surface area contributed by atoms with Gasteiger partial charge >= 0.3 is 0 Å². The summed E-state index contributed by atoms with van der Waals surface area (Å²) in [5.74, 6) is 0. The number of methoxy groups -OCH3 is 1. The lowest BCUT2D eigenvalue weighted by Gasteiger charge is -2.42. The van der Waals surface area contributed by atoms with Crippen LogP contribution in [-0.2, 0) is 4.74 Å². The molecule has 0 aromatic heterocycles. The second kappa shape index (κ2) is 5.99. The van der Waals surface area contributed by atoms with Crippen LogP contribution in [0.3, 0.4) is 0 Å². The Bertz CT molecular complexity index is 206. The van der Waals surface area contributed by atoms with Gasteiger partial charge in [-0.25, -0.2) is 0 Å². The summed E-state index contributed by atoms with van der Waals surface area (Å²) in [5, 5.41) is 3.62. The van der Waals surface area contributed by atoms with Gasteiger partial charge in [0.25, 0.3) is 0 Å². The molecule has 0 saturated carbocycles. The van der Waals surface area contributed by atoms with E-state index in [0.29, 0.717) is 12.1 Å². The second-order valence-electron chi connectivity index (χ2n) is 5.64. The Kier molecular flexibility index (Phi) is 5.22. The number of hydrogen-bond donors (Lipinski definition) is 1. The molecule has 1 aliphatic heterocycles. The van der Waals surface area contributed by atoms with Gasteiger partial charge in [0.2, 0.25) is 0 Å². The number of ether oxygens (including phenoxy) is 1. The number of hydrogen-bond acceptors (Lipinski definition) is 3. The molecular formula is C13H28N2O. The van der Waals surface area contributed by atoms with Crippen LogP contribution >= 0.6 is 0 Å². The molecule has 0 amide bonds. The van der Waals surface area contributed by atoms with Crippen LogP contribution in [0.5, 0.6) is 0 Å². The first-order valence-corrected chi connectivity index (χ1v) is 6.51. The fourth-order valence-corrected chi connectivity index (χ4v) is 2.31. The summed E-state index contributed by atoms with van der Waals surface area (Å²) in [4.78, 5) is 2.56. The number of nitrogens with zero attached hydrogens (tertiary/aromatic N) is 1. The molecule has 0 radical (unpaired) electrons. The molecule has 16 heavy (non-hydrogen) atoms. The van der Waals surface area contributed by atoms with Crippen LogP contribution in [0.25, 0.3) is 0 Å². The van der Waals surface area contributed by atoms with Crippen molar-refractivity contribution in [2.24, 2.45) is 0 Å². The molecule has 96 valence electrons. The molecule has 2 unspecified atom stereocenters. The van der Waals surface area contributed by atoms with E-state index in [4.69, 9.17) is 4.74 Å². The first-order valence-electron chi connectivity index (χ1n) is 6.51. The van der Waals surface area contributed by atoms with E-state index in [1.54, 1.807) is 7.11 Å². The van der Waals surface area contributed by atoms with Gasteiger partial charge in [0.15, 0.2) is 0 Å². The van der Waals surface area contributed by atoms with Crippen molar-refractivity contribution in [1.82, 2.24) is 10.2 Å². The predicted octanol–water partition coefficient (Wildman–Crippen LogP) is 1.87. The van der Waals surface area contributed by atoms with E-state index in [0.717, 1.165) is 19.6 Å². The maximum absolute atomic E-state index is 5.52. The monoisotopic (exact) mass is 228 g/mol. The molecule has 0 aromatic carbocycles. The van der Waals surface area contributed by atoms with Gasteiger partial charge in [-0.2, -0.15) is 0 Å². The van der Waals surface area contributed by atoms with E-state index < -0.39 is 0 Å². The van der Waals surface area contributed by atoms with E-state index in [2.05, 4.69) is 37.9 Å². The van der Waals surface area contributed by atoms with Crippen molar-refractivity contribution in [1.29, 1.82) is 0 Å². The second-order valence-corrected chi connectivity index (χ2v) is 5.64. The van der Waals surface area contributed by atoms with Gasteiger partial charge in [0.05, 0.1) is 5.60 Å². The Morgan fingerprint density at radius 2 is 2.12 bits per heavy atom. The molecule has 1 N–H and O–H groups in total. The van der Waals surface area contributed by atoms with Crippen LogP contribution in [0, 0.1) is 0 Å². The highest BCUT2D eigenvalue weighted by atomic mass is 16.5. The summed E-state index contributed by atoms with van der Waals surface area (Å²) in [7, 11) is 1.80. The molecule has 1 heterocycles. The van der Waals surface area contributed by atoms with Crippen molar-refractivity contribution in [2.45, 2.75) is 58.2 Å². The molecule has 3 nitrogen and oxygen atoms in total. The van der Waals surface area contributed by atoms with Gasteiger partial charge in [-0.15, -0.1) is 0 Å². The molecule has 1 rings (SSSR count). The summed E-state index contributed by atoms with van der Waals surface area (Å²) in [5.41, 5.74) is -0.0393. The fourth-order valence-electron chi connectivity index (χ4n) is 2.31. The van der Waals surface area contributed by atoms with E-state index >= 15 is 0 Å². The molecule has 1 saturated heterocycles. The van der Waals surface area contributed by atoms with Gasteiger partial charge < -0.3 is 10.1 Å². The van der Waals surface area contributed by atoms with Crippen LogP contribution in [0.15, 0.2) is 0 Å². The van der Waals surface area contributed by atoms with Crippen molar-refractivity contribution >= 4 is 0 Å². The molecule has 0 bridgehead atoms. The third kappa shape index (κ3) is 4.04. The number of nitrogens with one attached hydrogen (secondary N) is 1. The maximum Gasteiger partial charge on any atom is 0.0749 e. The largest absolute Gasteiger partial charge is 0.377 e. The maximum atomic E-state index is 5.52. The van der Waals surface area contributed by atoms with E-state index in [1.165, 1.54) is 12.8 Å². The lowest BCUT2D eigenvalue weighted by atomic mass is 10.0. The Balaban J connectivity index is 2.49. The van der Waals surface area contributed by atoms with Crippen molar-refractivity contribution in [3.63, 3.8) is 0 Å². The van der Waals surface area contributed by atoms with Crippen molar-refractivity contribution < 1.29 is 4.74 Å². The normalized spacial score (nSPS) is 28.3. The Morgan fingerprint density at radius 3 is 2.69 bits per heavy atom. The SMILES string of the molecule is CCCC1CN(CC(C)(C)OC)C(C)CN1. The quantitative estimate of drug-likeness (QED) is 0.777. The van der Waals surface area contributed by atoms with Gasteiger partial charge in [-0.05, 0) is 27.2 Å². The smallest absolute Gasteiger partial charge is 0.0749 e. The molecule has 1 fully saturated rings. The minimum atomic E-state index is -0.0393. The summed E-state index contributed by atoms with van der Waals surface area (Å²) in [6.07, 6.45) is 2.53. The molecule has 2 atom stereocenters. The van der Waals surface area contributed by atoms with Crippen molar-refractivity contribution in [2.75, 3.05) is 26.7 Å². The standard InChI is InChI=1S/C13H28N2O/c1-6-7-12-9-15(11(2)8-14-12)10-13(3,4)16-5/h11-12,14H,6-10H2,1-5H3. The zero-order valence-corrected chi connectivity index (χ0v) is 11.5. The van der Waals surface area contributed by atoms with Crippen LogP contribution in [0.4, 0.5) is 0 Å². The Morgan fingerprint density at radius 1 is 1.44 bits per heavy atom. The molecule has 0 aromatic rings. The molecule has 0 spiro atoms. The minimum absolute atomic E-state index is 0.0393. The van der Waals surface area contributed by atoms with Gasteiger partial charge in [-0.1, -0.05) is 13.3 Å².